The maximum atomic E-state index is 13.3. The van der Waals surface area contributed by atoms with Gasteiger partial charge in [-0.3, -0.25) is 4.79 Å². The third-order valence-corrected chi connectivity index (χ3v) is 6.03. The highest BCUT2D eigenvalue weighted by Gasteiger charge is 2.38. The number of pyridine rings is 1. The molecule has 0 bridgehead atoms. The number of benzene rings is 1. The Bertz CT molecular complexity index is 831. The highest BCUT2D eigenvalue weighted by molar-refractivity contribution is 6.42. The minimum absolute atomic E-state index is 0.0555. The van der Waals surface area contributed by atoms with Crippen molar-refractivity contribution < 1.29 is 9.53 Å². The number of amides is 1. The van der Waals surface area contributed by atoms with Crippen LogP contribution in [0.2, 0.25) is 10.0 Å². The van der Waals surface area contributed by atoms with Crippen LogP contribution in [0, 0.1) is 0 Å². The van der Waals surface area contributed by atoms with Gasteiger partial charge in [-0.2, -0.15) is 0 Å². The van der Waals surface area contributed by atoms with Crippen molar-refractivity contribution in [1.29, 1.82) is 0 Å². The standard InChI is InChI=1S/C21H23Cl3N2O2/c1-2-3-11-28-20-6-4-5-18(25-20)21(27)26-15(13-22)8-10-19(26)14-7-9-16(23)17(24)12-14/h4-7,9,12,15,19H,2-3,8,10-11,13H2,1H3. The highest BCUT2D eigenvalue weighted by Crippen LogP contribution is 2.39. The van der Waals surface area contributed by atoms with E-state index in [2.05, 4.69) is 11.9 Å². The third kappa shape index (κ3) is 4.73. The number of nitrogens with zero attached hydrogens (tertiary/aromatic N) is 2. The van der Waals surface area contributed by atoms with E-state index in [0.29, 0.717) is 34.1 Å². The lowest BCUT2D eigenvalue weighted by Crippen LogP contribution is -2.38. The van der Waals surface area contributed by atoms with Crippen molar-refractivity contribution in [3.8, 4) is 5.88 Å². The molecule has 1 aromatic heterocycles. The van der Waals surface area contributed by atoms with Crippen LogP contribution in [0.1, 0.15) is 54.7 Å². The molecule has 4 nitrogen and oxygen atoms in total. The molecule has 1 amide bonds. The number of carbonyl (C=O) groups is 1. The SMILES string of the molecule is CCCCOc1cccc(C(=O)N2C(CCl)CCC2c2ccc(Cl)c(Cl)c2)n1. The maximum absolute atomic E-state index is 13.3. The molecule has 2 aromatic rings. The number of hydrogen-bond acceptors (Lipinski definition) is 3. The molecule has 0 spiro atoms. The maximum Gasteiger partial charge on any atom is 0.273 e. The van der Waals surface area contributed by atoms with Gasteiger partial charge < -0.3 is 9.64 Å². The van der Waals surface area contributed by atoms with Crippen LogP contribution in [0.3, 0.4) is 0 Å². The molecule has 0 radical (unpaired) electrons. The molecule has 0 aliphatic carbocycles. The van der Waals surface area contributed by atoms with Crippen LogP contribution in [-0.4, -0.2) is 34.3 Å². The first-order chi connectivity index (χ1) is 13.5. The molecule has 2 unspecified atom stereocenters. The molecule has 2 heterocycles. The van der Waals surface area contributed by atoms with E-state index in [1.54, 1.807) is 24.3 Å². The summed E-state index contributed by atoms with van der Waals surface area (Å²) < 4.78 is 5.65. The Hall–Kier alpha value is -1.49. The highest BCUT2D eigenvalue weighted by atomic mass is 35.5. The van der Waals surface area contributed by atoms with Crippen molar-refractivity contribution in [2.24, 2.45) is 0 Å². The first-order valence-corrected chi connectivity index (χ1v) is 10.8. The Morgan fingerprint density at radius 1 is 1.21 bits per heavy atom. The Morgan fingerprint density at radius 3 is 2.75 bits per heavy atom. The van der Waals surface area contributed by atoms with Crippen molar-refractivity contribution in [3.05, 3.63) is 57.7 Å². The zero-order valence-corrected chi connectivity index (χ0v) is 18.0. The molecule has 1 fully saturated rings. The number of aromatic nitrogens is 1. The third-order valence-electron chi connectivity index (χ3n) is 4.93. The van der Waals surface area contributed by atoms with Crippen molar-refractivity contribution in [2.75, 3.05) is 12.5 Å². The molecule has 28 heavy (non-hydrogen) atoms. The molecule has 7 heteroatoms. The van der Waals surface area contributed by atoms with Gasteiger partial charge in [-0.15, -0.1) is 11.6 Å². The number of hydrogen-bond donors (Lipinski definition) is 0. The quantitative estimate of drug-likeness (QED) is 0.382. The summed E-state index contributed by atoms with van der Waals surface area (Å²) in [6, 6.07) is 10.6. The number of rotatable bonds is 7. The van der Waals surface area contributed by atoms with Crippen molar-refractivity contribution in [1.82, 2.24) is 9.88 Å². The summed E-state index contributed by atoms with van der Waals surface area (Å²) in [7, 11) is 0. The molecule has 1 aliphatic heterocycles. The lowest BCUT2D eigenvalue weighted by Gasteiger charge is -2.30. The van der Waals surface area contributed by atoms with E-state index in [9.17, 15) is 4.79 Å². The van der Waals surface area contributed by atoms with Crippen molar-refractivity contribution in [3.63, 3.8) is 0 Å². The summed E-state index contributed by atoms with van der Waals surface area (Å²) in [5, 5.41) is 0.971. The molecule has 0 N–H and O–H groups in total. The summed E-state index contributed by atoms with van der Waals surface area (Å²) in [6.07, 6.45) is 3.62. The van der Waals surface area contributed by atoms with Gasteiger partial charge in [0.2, 0.25) is 5.88 Å². The van der Waals surface area contributed by atoms with E-state index in [-0.39, 0.29) is 18.0 Å². The molecular formula is C21H23Cl3N2O2. The van der Waals surface area contributed by atoms with E-state index in [0.717, 1.165) is 31.2 Å². The van der Waals surface area contributed by atoms with E-state index in [1.165, 1.54) is 0 Å². The van der Waals surface area contributed by atoms with Crippen LogP contribution in [0.4, 0.5) is 0 Å². The summed E-state index contributed by atoms with van der Waals surface area (Å²) in [4.78, 5) is 19.6. The van der Waals surface area contributed by atoms with Crippen molar-refractivity contribution >= 4 is 40.7 Å². The Morgan fingerprint density at radius 2 is 2.04 bits per heavy atom. The van der Waals surface area contributed by atoms with Gasteiger partial charge in [0.15, 0.2) is 0 Å². The second-order valence-electron chi connectivity index (χ2n) is 6.85. The monoisotopic (exact) mass is 440 g/mol. The summed E-state index contributed by atoms with van der Waals surface area (Å²) in [5.74, 6) is 0.683. The van der Waals surface area contributed by atoms with Gasteiger partial charge in [-0.05, 0) is 43.0 Å². The Kier molecular flexibility index (Phi) is 7.44. The molecule has 150 valence electrons. The van der Waals surface area contributed by atoms with E-state index in [1.807, 2.05) is 17.0 Å². The Balaban J connectivity index is 1.86. The fourth-order valence-corrected chi connectivity index (χ4v) is 4.07. The zero-order chi connectivity index (χ0) is 20.1. The van der Waals surface area contributed by atoms with Gasteiger partial charge in [0.05, 0.1) is 22.7 Å². The fourth-order valence-electron chi connectivity index (χ4n) is 3.46. The molecule has 0 saturated carbocycles. The van der Waals surface area contributed by atoms with Crippen LogP contribution < -0.4 is 4.74 Å². The summed E-state index contributed by atoms with van der Waals surface area (Å²) in [6.45, 7) is 2.68. The van der Waals surface area contributed by atoms with Gasteiger partial charge in [0, 0.05) is 18.0 Å². The fraction of sp³-hybridized carbons (Fsp3) is 0.429. The average Bonchev–Trinajstić information content (AvgIpc) is 3.14. The van der Waals surface area contributed by atoms with Gasteiger partial charge in [-0.25, -0.2) is 4.98 Å². The number of unbranched alkanes of at least 4 members (excludes halogenated alkanes) is 1. The minimum Gasteiger partial charge on any atom is -0.478 e. The van der Waals surface area contributed by atoms with Crippen molar-refractivity contribution in [2.45, 2.75) is 44.7 Å². The first kappa shape index (κ1) is 21.2. The van der Waals surface area contributed by atoms with E-state index >= 15 is 0 Å². The predicted octanol–water partition coefficient (Wildman–Crippen LogP) is 6.15. The molecule has 1 aromatic carbocycles. The lowest BCUT2D eigenvalue weighted by atomic mass is 10.0. The van der Waals surface area contributed by atoms with E-state index < -0.39 is 0 Å². The van der Waals surface area contributed by atoms with Crippen LogP contribution in [0.15, 0.2) is 36.4 Å². The average molecular weight is 442 g/mol. The number of ether oxygens (including phenoxy) is 1. The summed E-state index contributed by atoms with van der Waals surface area (Å²) in [5.41, 5.74) is 1.31. The van der Waals surface area contributed by atoms with Crippen LogP contribution in [0.5, 0.6) is 5.88 Å². The molecule has 3 rings (SSSR count). The number of alkyl halides is 1. The van der Waals surface area contributed by atoms with Crippen LogP contribution >= 0.6 is 34.8 Å². The molecule has 1 saturated heterocycles. The first-order valence-electron chi connectivity index (χ1n) is 9.48. The summed E-state index contributed by atoms with van der Waals surface area (Å²) >= 11 is 18.4. The van der Waals surface area contributed by atoms with Gasteiger partial charge in [0.25, 0.3) is 5.91 Å². The number of likely N-dealkylation sites (tertiary alicyclic amines) is 1. The predicted molar refractivity (Wildman–Crippen MR) is 114 cm³/mol. The molecule has 1 aliphatic rings. The van der Waals surface area contributed by atoms with E-state index in [4.69, 9.17) is 39.5 Å². The topological polar surface area (TPSA) is 42.4 Å². The zero-order valence-electron chi connectivity index (χ0n) is 15.7. The second-order valence-corrected chi connectivity index (χ2v) is 7.97. The largest absolute Gasteiger partial charge is 0.478 e. The smallest absolute Gasteiger partial charge is 0.273 e. The molecular weight excluding hydrogens is 419 g/mol. The molecule has 2 atom stereocenters. The number of carbonyl (C=O) groups excluding carboxylic acids is 1. The normalized spacial score (nSPS) is 19.1. The van der Waals surface area contributed by atoms with Crippen LogP contribution in [0.25, 0.3) is 0 Å². The van der Waals surface area contributed by atoms with Gasteiger partial charge >= 0.3 is 0 Å². The van der Waals surface area contributed by atoms with Gasteiger partial charge in [0.1, 0.15) is 5.69 Å². The second kappa shape index (κ2) is 9.82. The minimum atomic E-state index is -0.153. The van der Waals surface area contributed by atoms with Crippen LogP contribution in [-0.2, 0) is 0 Å². The Labute approximate surface area is 180 Å². The number of halogens is 3. The van der Waals surface area contributed by atoms with Gasteiger partial charge in [-0.1, -0.05) is 48.7 Å². The lowest BCUT2D eigenvalue weighted by molar-refractivity contribution is 0.0673.